The van der Waals surface area contributed by atoms with E-state index in [2.05, 4.69) is 15.3 Å². The lowest BCUT2D eigenvalue weighted by atomic mass is 9.83. The van der Waals surface area contributed by atoms with Gasteiger partial charge in [0.05, 0.1) is 0 Å². The van der Waals surface area contributed by atoms with Crippen molar-refractivity contribution in [1.82, 2.24) is 24.4 Å². The average molecular weight is 263 g/mol. The molecule has 8 nitrogen and oxygen atoms in total. The second-order valence-electron chi connectivity index (χ2n) is 4.78. The number of fused-ring (bicyclic) bond motifs is 1. The fourth-order valence-electron chi connectivity index (χ4n) is 2.03. The Bertz CT molecular complexity index is 704. The molecule has 1 fully saturated rings. The zero-order valence-corrected chi connectivity index (χ0v) is 10.6. The van der Waals surface area contributed by atoms with E-state index in [1.54, 1.807) is 0 Å². The molecule has 2 unspecified atom stereocenters. The highest BCUT2D eigenvalue weighted by Crippen LogP contribution is 2.30. The second kappa shape index (κ2) is 4.15. The molecule has 3 rings (SSSR count). The number of carbonyl (C=O) groups is 1. The van der Waals surface area contributed by atoms with Crippen LogP contribution in [0.4, 0.5) is 0 Å². The fourth-order valence-corrected chi connectivity index (χ4v) is 2.03. The van der Waals surface area contributed by atoms with Crippen molar-refractivity contribution >= 4 is 11.6 Å². The number of aromatic nitrogens is 5. The molecule has 2 aromatic heterocycles. The zero-order valence-electron chi connectivity index (χ0n) is 10.6. The van der Waals surface area contributed by atoms with Crippen molar-refractivity contribution in [2.45, 2.75) is 25.9 Å². The Hall–Kier alpha value is -2.25. The van der Waals surface area contributed by atoms with Gasteiger partial charge in [0.2, 0.25) is 0 Å². The largest absolute Gasteiger partial charge is 0.457 e. The summed E-state index contributed by atoms with van der Waals surface area (Å²) in [5.41, 5.74) is -0.252. The first-order chi connectivity index (χ1) is 9.08. The Labute approximate surface area is 108 Å². The van der Waals surface area contributed by atoms with E-state index in [1.807, 2.05) is 6.92 Å². The molecule has 1 aliphatic carbocycles. The molecule has 0 aliphatic heterocycles. The van der Waals surface area contributed by atoms with E-state index in [1.165, 1.54) is 17.8 Å². The third kappa shape index (κ3) is 1.79. The van der Waals surface area contributed by atoms with Crippen LogP contribution in [0.1, 0.15) is 30.3 Å². The van der Waals surface area contributed by atoms with Gasteiger partial charge in [-0.2, -0.15) is 4.68 Å². The Balaban J connectivity index is 1.95. The summed E-state index contributed by atoms with van der Waals surface area (Å²) in [6.45, 7) is 2.03. The van der Waals surface area contributed by atoms with Gasteiger partial charge in [0.15, 0.2) is 11.3 Å². The van der Waals surface area contributed by atoms with Gasteiger partial charge in [-0.15, -0.1) is 5.10 Å². The minimum Gasteiger partial charge on any atom is -0.457 e. The molecule has 2 aromatic rings. The minimum atomic E-state index is -0.554. The Kier molecular flexibility index (Phi) is 2.58. The van der Waals surface area contributed by atoms with Crippen LogP contribution in [0.25, 0.3) is 5.65 Å². The quantitative estimate of drug-likeness (QED) is 0.695. The van der Waals surface area contributed by atoms with Crippen molar-refractivity contribution in [3.8, 4) is 0 Å². The summed E-state index contributed by atoms with van der Waals surface area (Å²) in [6.07, 6.45) is 3.12. The molecule has 1 aliphatic rings. The number of hydrogen-bond acceptors (Lipinski definition) is 6. The summed E-state index contributed by atoms with van der Waals surface area (Å²) in [6, 6.07) is 0. The third-order valence-corrected chi connectivity index (χ3v) is 3.49. The van der Waals surface area contributed by atoms with Gasteiger partial charge in [-0.1, -0.05) is 12.1 Å². The predicted molar refractivity (Wildman–Crippen MR) is 63.6 cm³/mol. The van der Waals surface area contributed by atoms with E-state index in [9.17, 15) is 9.59 Å². The van der Waals surface area contributed by atoms with Gasteiger partial charge in [-0.05, 0) is 18.8 Å². The van der Waals surface area contributed by atoms with Gasteiger partial charge in [0.1, 0.15) is 12.4 Å². The highest BCUT2D eigenvalue weighted by molar-refractivity contribution is 5.93. The minimum absolute atomic E-state index is 0.0318. The number of imidazole rings is 1. The lowest BCUT2D eigenvalue weighted by molar-refractivity contribution is -0.0170. The van der Waals surface area contributed by atoms with Gasteiger partial charge < -0.3 is 4.74 Å². The number of carbonyl (C=O) groups excluding carboxylic acids is 1. The lowest BCUT2D eigenvalue weighted by Gasteiger charge is -2.32. The van der Waals surface area contributed by atoms with Gasteiger partial charge in [0.25, 0.3) is 0 Å². The van der Waals surface area contributed by atoms with Crippen LogP contribution in [0.15, 0.2) is 11.1 Å². The number of hydrogen-bond donors (Lipinski definition) is 0. The number of esters is 1. The van der Waals surface area contributed by atoms with Crippen molar-refractivity contribution in [2.24, 2.45) is 13.0 Å². The molecule has 0 amide bonds. The van der Waals surface area contributed by atoms with Crippen molar-refractivity contribution < 1.29 is 9.53 Å². The molecular formula is C11H13N5O3. The molecule has 100 valence electrons. The summed E-state index contributed by atoms with van der Waals surface area (Å²) in [5.74, 6) is -0.182. The van der Waals surface area contributed by atoms with Crippen LogP contribution in [0, 0.1) is 5.92 Å². The maximum atomic E-state index is 12.0. The second-order valence-corrected chi connectivity index (χ2v) is 4.78. The van der Waals surface area contributed by atoms with Crippen LogP contribution in [-0.2, 0) is 11.8 Å². The third-order valence-electron chi connectivity index (χ3n) is 3.49. The summed E-state index contributed by atoms with van der Waals surface area (Å²) in [4.78, 5) is 27.6. The van der Waals surface area contributed by atoms with Crippen LogP contribution in [-0.4, -0.2) is 36.5 Å². The summed E-state index contributed by atoms with van der Waals surface area (Å²) < 4.78 is 7.57. The van der Waals surface area contributed by atoms with E-state index >= 15 is 0 Å². The molecule has 8 heteroatoms. The molecule has 19 heavy (non-hydrogen) atoms. The van der Waals surface area contributed by atoms with Crippen molar-refractivity contribution in [1.29, 1.82) is 0 Å². The number of rotatable bonds is 2. The van der Waals surface area contributed by atoms with E-state index in [0.717, 1.165) is 17.5 Å². The first-order valence-electron chi connectivity index (χ1n) is 6.06. The molecule has 0 spiro atoms. The highest BCUT2D eigenvalue weighted by Gasteiger charge is 2.32. The predicted octanol–water partition coefficient (Wildman–Crippen LogP) is -0.222. The first kappa shape index (κ1) is 11.8. The normalized spacial score (nSPS) is 22.2. The topological polar surface area (TPSA) is 91.4 Å². The van der Waals surface area contributed by atoms with Crippen LogP contribution >= 0.6 is 0 Å². The van der Waals surface area contributed by atoms with Crippen LogP contribution in [0.5, 0.6) is 0 Å². The van der Waals surface area contributed by atoms with Gasteiger partial charge in [-0.25, -0.2) is 19.0 Å². The highest BCUT2D eigenvalue weighted by atomic mass is 16.5. The number of aryl methyl sites for hydroxylation is 1. The molecule has 0 N–H and O–H groups in total. The Morgan fingerprint density at radius 3 is 2.89 bits per heavy atom. The molecule has 0 bridgehead atoms. The van der Waals surface area contributed by atoms with Crippen molar-refractivity contribution in [3.05, 3.63) is 22.5 Å². The average Bonchev–Trinajstić information content (AvgIpc) is 2.83. The standard InChI is InChI=1S/C11H13N5O3/c1-6-3-4-7(6)19-10(17)8-9-13-14-15(2)11(18)16(9)5-12-8/h5-7H,3-4H2,1-2H3. The maximum absolute atomic E-state index is 12.0. The SMILES string of the molecule is CC1CCC1OC(=O)c1ncn2c(=O)n(C)nnc12. The molecule has 0 radical (unpaired) electrons. The maximum Gasteiger partial charge on any atom is 0.361 e. The van der Waals surface area contributed by atoms with Crippen LogP contribution in [0.3, 0.4) is 0 Å². The van der Waals surface area contributed by atoms with E-state index in [0.29, 0.717) is 5.92 Å². The van der Waals surface area contributed by atoms with Crippen LogP contribution < -0.4 is 5.69 Å². The van der Waals surface area contributed by atoms with E-state index < -0.39 is 11.7 Å². The fraction of sp³-hybridized carbons (Fsp3) is 0.545. The van der Waals surface area contributed by atoms with E-state index in [-0.39, 0.29) is 17.4 Å². The molecular weight excluding hydrogens is 250 g/mol. The molecule has 2 heterocycles. The molecule has 0 saturated heterocycles. The van der Waals surface area contributed by atoms with Crippen molar-refractivity contribution in [3.63, 3.8) is 0 Å². The van der Waals surface area contributed by atoms with Crippen LogP contribution in [0.2, 0.25) is 0 Å². The molecule has 1 saturated carbocycles. The first-order valence-corrected chi connectivity index (χ1v) is 6.06. The monoisotopic (exact) mass is 263 g/mol. The van der Waals surface area contributed by atoms with Gasteiger partial charge >= 0.3 is 11.7 Å². The summed E-state index contributed by atoms with van der Waals surface area (Å²) >= 11 is 0. The number of nitrogens with zero attached hydrogens (tertiary/aromatic N) is 5. The lowest BCUT2D eigenvalue weighted by Crippen LogP contribution is -2.34. The smallest absolute Gasteiger partial charge is 0.361 e. The molecule has 0 aromatic carbocycles. The zero-order chi connectivity index (χ0) is 13.6. The Morgan fingerprint density at radius 2 is 2.26 bits per heavy atom. The van der Waals surface area contributed by atoms with Crippen molar-refractivity contribution in [2.75, 3.05) is 0 Å². The summed E-state index contributed by atoms with van der Waals surface area (Å²) in [7, 11) is 1.48. The van der Waals surface area contributed by atoms with E-state index in [4.69, 9.17) is 4.74 Å². The summed E-state index contributed by atoms with van der Waals surface area (Å²) in [5, 5.41) is 7.44. The van der Waals surface area contributed by atoms with Gasteiger partial charge in [-0.3, -0.25) is 0 Å². The Morgan fingerprint density at radius 1 is 1.47 bits per heavy atom. The molecule has 2 atom stereocenters. The number of ether oxygens (including phenoxy) is 1. The van der Waals surface area contributed by atoms with Gasteiger partial charge in [0, 0.05) is 7.05 Å².